The van der Waals surface area contributed by atoms with Crippen molar-refractivity contribution in [3.63, 3.8) is 0 Å². The Bertz CT molecular complexity index is 2240. The number of fused-ring (bicyclic) bond motifs is 4. The summed E-state index contributed by atoms with van der Waals surface area (Å²) in [5.41, 5.74) is 11.2. The first-order valence-corrected chi connectivity index (χ1v) is 14.0. The van der Waals surface area contributed by atoms with E-state index in [1.807, 2.05) is 60.7 Å². The first-order chi connectivity index (χ1) is 20.8. The van der Waals surface area contributed by atoms with Gasteiger partial charge in [-0.3, -0.25) is 0 Å². The van der Waals surface area contributed by atoms with Gasteiger partial charge in [0.1, 0.15) is 0 Å². The molecular formula is C38H24N4. The molecule has 0 aliphatic heterocycles. The minimum absolute atomic E-state index is 0.849. The van der Waals surface area contributed by atoms with Crippen molar-refractivity contribution in [2.75, 3.05) is 0 Å². The highest BCUT2D eigenvalue weighted by Gasteiger charge is 2.15. The first-order valence-electron chi connectivity index (χ1n) is 14.0. The van der Waals surface area contributed by atoms with Crippen molar-refractivity contribution >= 4 is 32.8 Å². The molecule has 42 heavy (non-hydrogen) atoms. The van der Waals surface area contributed by atoms with Crippen LogP contribution in [0, 0.1) is 0 Å². The van der Waals surface area contributed by atoms with Gasteiger partial charge in [0, 0.05) is 33.0 Å². The maximum atomic E-state index is 5.18. The topological polar surface area (TPSA) is 51.6 Å². The zero-order valence-electron chi connectivity index (χ0n) is 22.6. The summed E-state index contributed by atoms with van der Waals surface area (Å²) in [6.07, 6.45) is 0. The van der Waals surface area contributed by atoms with Crippen LogP contribution in [0.25, 0.3) is 77.9 Å². The number of rotatable bonds is 4. The molecule has 0 fully saturated rings. The molecule has 0 radical (unpaired) electrons. The Morgan fingerprint density at radius 1 is 0.310 bits per heavy atom. The summed E-state index contributed by atoms with van der Waals surface area (Å²) in [5, 5.41) is 2.13. The van der Waals surface area contributed by atoms with Crippen LogP contribution in [0.15, 0.2) is 146 Å². The van der Waals surface area contributed by atoms with E-state index in [-0.39, 0.29) is 0 Å². The Hall–Kier alpha value is -5.74. The van der Waals surface area contributed by atoms with Crippen molar-refractivity contribution in [2.24, 2.45) is 0 Å². The average molecular weight is 537 g/mol. The third kappa shape index (κ3) is 4.27. The molecule has 0 N–H and O–H groups in total. The van der Waals surface area contributed by atoms with E-state index in [0.717, 1.165) is 77.9 Å². The van der Waals surface area contributed by atoms with Crippen LogP contribution < -0.4 is 0 Å². The monoisotopic (exact) mass is 536 g/mol. The Morgan fingerprint density at radius 3 is 1.38 bits per heavy atom. The second kappa shape index (κ2) is 10.0. The summed E-state index contributed by atoms with van der Waals surface area (Å²) in [6.45, 7) is 0. The van der Waals surface area contributed by atoms with Crippen LogP contribution in [0.1, 0.15) is 0 Å². The van der Waals surface area contributed by atoms with Crippen molar-refractivity contribution in [3.8, 4) is 45.0 Å². The number of hydrogen-bond acceptors (Lipinski definition) is 4. The molecule has 4 nitrogen and oxygen atoms in total. The molecule has 3 heterocycles. The van der Waals surface area contributed by atoms with Gasteiger partial charge in [0.2, 0.25) is 0 Å². The van der Waals surface area contributed by atoms with E-state index in [2.05, 4.69) is 84.9 Å². The lowest BCUT2D eigenvalue weighted by atomic mass is 10.00. The van der Waals surface area contributed by atoms with Gasteiger partial charge in [-0.05, 0) is 30.3 Å². The van der Waals surface area contributed by atoms with Crippen LogP contribution in [0.5, 0.6) is 0 Å². The second-order valence-corrected chi connectivity index (χ2v) is 10.3. The van der Waals surface area contributed by atoms with Gasteiger partial charge in [-0.2, -0.15) is 0 Å². The molecule has 0 spiro atoms. The average Bonchev–Trinajstić information content (AvgIpc) is 3.08. The number of benzene rings is 5. The molecule has 196 valence electrons. The van der Waals surface area contributed by atoms with Crippen molar-refractivity contribution < 1.29 is 0 Å². The summed E-state index contributed by atoms with van der Waals surface area (Å²) >= 11 is 0. The van der Waals surface area contributed by atoms with Crippen LogP contribution in [0.2, 0.25) is 0 Å². The van der Waals surface area contributed by atoms with E-state index in [0.29, 0.717) is 0 Å². The quantitative estimate of drug-likeness (QED) is 0.210. The molecule has 0 unspecified atom stereocenters. The van der Waals surface area contributed by atoms with Gasteiger partial charge in [-0.1, -0.05) is 115 Å². The molecule has 8 aromatic rings. The lowest BCUT2D eigenvalue weighted by Crippen LogP contribution is -1.96. The fraction of sp³-hybridized carbons (Fsp3) is 0. The molecule has 8 rings (SSSR count). The van der Waals surface area contributed by atoms with Crippen LogP contribution >= 0.6 is 0 Å². The van der Waals surface area contributed by atoms with Gasteiger partial charge in [0.25, 0.3) is 0 Å². The first kappa shape index (κ1) is 24.1. The minimum Gasteiger partial charge on any atom is -0.245 e. The van der Waals surface area contributed by atoms with E-state index < -0.39 is 0 Å². The molecule has 0 aliphatic carbocycles. The standard InChI is InChI=1S/C38H24N4/c1-3-10-25(11-4-1)31-22-20-27-18-19-28-21-23-32(40-37(28)36(27)39-31)29-14-9-15-30(24-29)38-35(26-12-5-2-6-13-26)41-33-16-7-8-17-34(33)42-38/h1-24H. The van der Waals surface area contributed by atoms with E-state index >= 15 is 0 Å². The van der Waals surface area contributed by atoms with E-state index in [4.69, 9.17) is 19.9 Å². The van der Waals surface area contributed by atoms with Crippen LogP contribution in [-0.2, 0) is 0 Å². The van der Waals surface area contributed by atoms with Gasteiger partial charge in [-0.15, -0.1) is 0 Å². The van der Waals surface area contributed by atoms with Gasteiger partial charge in [-0.25, -0.2) is 19.9 Å². The summed E-state index contributed by atoms with van der Waals surface area (Å²) in [5.74, 6) is 0. The highest BCUT2D eigenvalue weighted by molar-refractivity contribution is 6.04. The fourth-order valence-corrected chi connectivity index (χ4v) is 5.52. The van der Waals surface area contributed by atoms with E-state index in [1.54, 1.807) is 0 Å². The van der Waals surface area contributed by atoms with E-state index in [9.17, 15) is 0 Å². The Labute approximate surface area is 243 Å². The molecule has 0 bridgehead atoms. The Balaban J connectivity index is 1.28. The molecule has 0 amide bonds. The minimum atomic E-state index is 0.849. The highest BCUT2D eigenvalue weighted by Crippen LogP contribution is 2.34. The Morgan fingerprint density at radius 2 is 0.762 bits per heavy atom. The summed E-state index contributed by atoms with van der Waals surface area (Å²) < 4.78 is 0. The predicted molar refractivity (Wildman–Crippen MR) is 172 cm³/mol. The van der Waals surface area contributed by atoms with Gasteiger partial charge < -0.3 is 0 Å². The number of aromatic nitrogens is 4. The number of nitrogens with zero attached hydrogens (tertiary/aromatic N) is 4. The third-order valence-corrected chi connectivity index (χ3v) is 7.64. The lowest BCUT2D eigenvalue weighted by Gasteiger charge is -2.12. The molecule has 0 saturated carbocycles. The molecule has 3 aromatic heterocycles. The largest absolute Gasteiger partial charge is 0.245 e. The van der Waals surface area contributed by atoms with Gasteiger partial charge in [0.05, 0.1) is 44.8 Å². The lowest BCUT2D eigenvalue weighted by molar-refractivity contribution is 1.29. The van der Waals surface area contributed by atoms with Crippen LogP contribution in [-0.4, -0.2) is 19.9 Å². The molecule has 5 aromatic carbocycles. The number of para-hydroxylation sites is 2. The van der Waals surface area contributed by atoms with Crippen molar-refractivity contribution in [2.45, 2.75) is 0 Å². The molecular weight excluding hydrogens is 512 g/mol. The highest BCUT2D eigenvalue weighted by atomic mass is 14.8. The maximum absolute atomic E-state index is 5.18. The zero-order valence-corrected chi connectivity index (χ0v) is 22.6. The zero-order chi connectivity index (χ0) is 27.9. The van der Waals surface area contributed by atoms with Gasteiger partial charge >= 0.3 is 0 Å². The van der Waals surface area contributed by atoms with Crippen molar-refractivity contribution in [3.05, 3.63) is 146 Å². The van der Waals surface area contributed by atoms with Crippen LogP contribution in [0.4, 0.5) is 0 Å². The summed E-state index contributed by atoms with van der Waals surface area (Å²) in [6, 6.07) is 49.6. The smallest absolute Gasteiger partial charge is 0.0973 e. The number of pyridine rings is 2. The molecule has 0 atom stereocenters. The van der Waals surface area contributed by atoms with Gasteiger partial charge in [0.15, 0.2) is 0 Å². The van der Waals surface area contributed by atoms with Crippen LogP contribution in [0.3, 0.4) is 0 Å². The SMILES string of the molecule is c1ccc(-c2ccc3ccc4ccc(-c5cccc(-c6nc7ccccc7nc6-c6ccccc6)c5)nc4c3n2)cc1. The fourth-order valence-electron chi connectivity index (χ4n) is 5.52. The predicted octanol–water partition coefficient (Wildman–Crippen LogP) is 9.39. The molecule has 4 heteroatoms. The number of hydrogen-bond donors (Lipinski definition) is 0. The summed E-state index contributed by atoms with van der Waals surface area (Å²) in [7, 11) is 0. The summed E-state index contributed by atoms with van der Waals surface area (Å²) in [4.78, 5) is 20.4. The van der Waals surface area contributed by atoms with Crippen molar-refractivity contribution in [1.82, 2.24) is 19.9 Å². The Kier molecular flexibility index (Phi) is 5.75. The third-order valence-electron chi connectivity index (χ3n) is 7.64. The molecule has 0 saturated heterocycles. The second-order valence-electron chi connectivity index (χ2n) is 10.3. The molecule has 0 aliphatic rings. The van der Waals surface area contributed by atoms with E-state index in [1.165, 1.54) is 0 Å². The maximum Gasteiger partial charge on any atom is 0.0973 e. The van der Waals surface area contributed by atoms with Crippen molar-refractivity contribution in [1.29, 1.82) is 0 Å². The normalized spacial score (nSPS) is 11.3.